The number of nitrogens with zero attached hydrogens (tertiary/aromatic N) is 1. The highest BCUT2D eigenvalue weighted by Crippen LogP contribution is 2.15. The number of carbonyl (C=O) groups excluding carboxylic acids is 1. The lowest BCUT2D eigenvalue weighted by molar-refractivity contribution is 0.0758. The second-order valence-corrected chi connectivity index (χ2v) is 3.67. The highest BCUT2D eigenvalue weighted by Gasteiger charge is 2.16. The van der Waals surface area contributed by atoms with Crippen molar-refractivity contribution in [1.29, 1.82) is 0 Å². The lowest BCUT2D eigenvalue weighted by atomic mass is 10.3. The van der Waals surface area contributed by atoms with Gasteiger partial charge in [-0.1, -0.05) is 12.2 Å². The fraction of sp³-hybridized carbons (Fsp3) is 0.182. The fourth-order valence-corrected chi connectivity index (χ4v) is 1.44. The first-order valence-electron chi connectivity index (χ1n) is 4.45. The Bertz CT molecular complexity index is 360. The molecule has 0 fully saturated rings. The van der Waals surface area contributed by atoms with Gasteiger partial charge in [-0.2, -0.15) is 0 Å². The highest BCUT2D eigenvalue weighted by molar-refractivity contribution is 9.10. The largest absolute Gasteiger partial charge is 0.444 e. The van der Waals surface area contributed by atoms with E-state index in [2.05, 4.69) is 29.1 Å². The second-order valence-electron chi connectivity index (χ2n) is 2.89. The van der Waals surface area contributed by atoms with E-state index in [9.17, 15) is 4.79 Å². The summed E-state index contributed by atoms with van der Waals surface area (Å²) < 4.78 is 5.72. The summed E-state index contributed by atoms with van der Waals surface area (Å²) in [6.07, 6.45) is 3.33. The summed E-state index contributed by atoms with van der Waals surface area (Å²) in [5.74, 6) is 0.145. The van der Waals surface area contributed by atoms with Gasteiger partial charge in [-0.25, -0.2) is 0 Å². The van der Waals surface area contributed by atoms with Gasteiger partial charge in [-0.15, -0.1) is 13.2 Å². The fourth-order valence-electron chi connectivity index (χ4n) is 1.14. The molecule has 1 aromatic rings. The minimum absolute atomic E-state index is 0.166. The molecular weight excluding hydrogens is 258 g/mol. The maximum absolute atomic E-state index is 11.9. The van der Waals surface area contributed by atoms with Crippen molar-refractivity contribution in [2.45, 2.75) is 0 Å². The minimum atomic E-state index is -0.166. The first kappa shape index (κ1) is 11.8. The molecule has 1 heterocycles. The van der Waals surface area contributed by atoms with Crippen LogP contribution in [0.2, 0.25) is 0 Å². The zero-order chi connectivity index (χ0) is 11.3. The molecule has 1 rings (SSSR count). The van der Waals surface area contributed by atoms with Crippen molar-refractivity contribution < 1.29 is 9.21 Å². The normalized spacial score (nSPS) is 9.67. The predicted octanol–water partition coefficient (Wildman–Crippen LogP) is 2.86. The van der Waals surface area contributed by atoms with Gasteiger partial charge in [0.25, 0.3) is 5.91 Å². The van der Waals surface area contributed by atoms with Crippen LogP contribution < -0.4 is 0 Å². The maximum Gasteiger partial charge on any atom is 0.290 e. The van der Waals surface area contributed by atoms with Gasteiger partial charge in [0.2, 0.25) is 0 Å². The molecule has 1 amide bonds. The Morgan fingerprint density at radius 1 is 1.40 bits per heavy atom. The van der Waals surface area contributed by atoms with Crippen molar-refractivity contribution >= 4 is 21.8 Å². The van der Waals surface area contributed by atoms with Crippen LogP contribution in [0.4, 0.5) is 0 Å². The van der Waals surface area contributed by atoms with Crippen LogP contribution in [0.3, 0.4) is 0 Å². The number of hydrogen-bond acceptors (Lipinski definition) is 2. The first-order valence-corrected chi connectivity index (χ1v) is 5.24. The number of rotatable bonds is 5. The first-order chi connectivity index (χ1) is 7.19. The molecule has 4 heteroatoms. The van der Waals surface area contributed by atoms with Gasteiger partial charge in [-0.3, -0.25) is 4.79 Å². The Labute approximate surface area is 97.2 Å². The minimum Gasteiger partial charge on any atom is -0.444 e. The molecule has 0 atom stereocenters. The van der Waals surface area contributed by atoms with Crippen molar-refractivity contribution in [3.63, 3.8) is 0 Å². The topological polar surface area (TPSA) is 33.5 Å². The van der Waals surface area contributed by atoms with Crippen molar-refractivity contribution in [3.05, 3.63) is 47.9 Å². The highest BCUT2D eigenvalue weighted by atomic mass is 79.9. The molecule has 3 nitrogen and oxygen atoms in total. The van der Waals surface area contributed by atoms with Crippen LogP contribution in [-0.2, 0) is 0 Å². The van der Waals surface area contributed by atoms with Gasteiger partial charge in [-0.05, 0) is 28.1 Å². The zero-order valence-electron chi connectivity index (χ0n) is 8.28. The van der Waals surface area contributed by atoms with E-state index < -0.39 is 0 Å². The summed E-state index contributed by atoms with van der Waals surface area (Å²) >= 11 is 3.15. The number of carbonyl (C=O) groups is 1. The molecular formula is C11H12BrNO2. The number of halogens is 1. The van der Waals surface area contributed by atoms with Gasteiger partial charge >= 0.3 is 0 Å². The molecule has 0 aliphatic rings. The Morgan fingerprint density at radius 2 is 2.00 bits per heavy atom. The van der Waals surface area contributed by atoms with Crippen molar-refractivity contribution in [3.8, 4) is 0 Å². The van der Waals surface area contributed by atoms with Crippen LogP contribution in [0.15, 0.2) is 46.5 Å². The van der Waals surface area contributed by atoms with Gasteiger partial charge in [0.15, 0.2) is 10.4 Å². The summed E-state index contributed by atoms with van der Waals surface area (Å²) in [4.78, 5) is 13.4. The average molecular weight is 270 g/mol. The monoisotopic (exact) mass is 269 g/mol. The van der Waals surface area contributed by atoms with Gasteiger partial charge < -0.3 is 9.32 Å². The molecule has 0 bridgehead atoms. The molecule has 0 saturated heterocycles. The standard InChI is InChI=1S/C11H12BrNO2/c1-3-7-13(8-4-2)11(14)9-5-6-10(12)15-9/h3-6H,1-2,7-8H2. The Hall–Kier alpha value is -1.29. The molecule has 0 unspecified atom stereocenters. The molecule has 1 aromatic heterocycles. The molecule has 0 N–H and O–H groups in total. The molecule has 15 heavy (non-hydrogen) atoms. The number of hydrogen-bond donors (Lipinski definition) is 0. The SMILES string of the molecule is C=CCN(CC=C)C(=O)c1ccc(Br)o1. The maximum atomic E-state index is 11.9. The molecule has 0 saturated carbocycles. The lowest BCUT2D eigenvalue weighted by Crippen LogP contribution is -2.30. The van der Waals surface area contributed by atoms with Crippen LogP contribution in [0.5, 0.6) is 0 Å². The summed E-state index contributed by atoms with van der Waals surface area (Å²) in [5.41, 5.74) is 0. The summed E-state index contributed by atoms with van der Waals surface area (Å²) in [7, 11) is 0. The Morgan fingerprint density at radius 3 is 2.40 bits per heavy atom. The van der Waals surface area contributed by atoms with Gasteiger partial charge in [0.05, 0.1) is 0 Å². The van der Waals surface area contributed by atoms with E-state index in [0.29, 0.717) is 23.5 Å². The van der Waals surface area contributed by atoms with E-state index in [-0.39, 0.29) is 5.91 Å². The van der Waals surface area contributed by atoms with Crippen molar-refractivity contribution in [2.24, 2.45) is 0 Å². The van der Waals surface area contributed by atoms with E-state index in [0.717, 1.165) is 0 Å². The predicted molar refractivity (Wildman–Crippen MR) is 62.7 cm³/mol. The Kier molecular flexibility index (Phi) is 4.37. The smallest absolute Gasteiger partial charge is 0.290 e. The molecule has 0 aromatic carbocycles. The van der Waals surface area contributed by atoms with Crippen LogP contribution in [0, 0.1) is 0 Å². The quantitative estimate of drug-likeness (QED) is 0.771. The third kappa shape index (κ3) is 3.09. The number of amides is 1. The summed E-state index contributed by atoms with van der Waals surface area (Å²) in [5, 5.41) is 0. The summed E-state index contributed by atoms with van der Waals surface area (Å²) in [6.45, 7) is 8.14. The zero-order valence-corrected chi connectivity index (χ0v) is 9.87. The van der Waals surface area contributed by atoms with Crippen molar-refractivity contribution in [1.82, 2.24) is 4.90 Å². The van der Waals surface area contributed by atoms with E-state index >= 15 is 0 Å². The van der Waals surface area contributed by atoms with Crippen LogP contribution in [0.1, 0.15) is 10.6 Å². The second kappa shape index (κ2) is 5.56. The van der Waals surface area contributed by atoms with Crippen LogP contribution >= 0.6 is 15.9 Å². The average Bonchev–Trinajstić information content (AvgIpc) is 2.63. The summed E-state index contributed by atoms with van der Waals surface area (Å²) in [6, 6.07) is 3.32. The third-order valence-electron chi connectivity index (χ3n) is 1.77. The van der Waals surface area contributed by atoms with Crippen molar-refractivity contribution in [2.75, 3.05) is 13.1 Å². The third-order valence-corrected chi connectivity index (χ3v) is 2.20. The van der Waals surface area contributed by atoms with Gasteiger partial charge in [0, 0.05) is 13.1 Å². The lowest BCUT2D eigenvalue weighted by Gasteiger charge is -2.17. The van der Waals surface area contributed by atoms with E-state index in [1.54, 1.807) is 29.2 Å². The van der Waals surface area contributed by atoms with Crippen LogP contribution in [-0.4, -0.2) is 23.9 Å². The van der Waals surface area contributed by atoms with E-state index in [1.807, 2.05) is 0 Å². The van der Waals surface area contributed by atoms with Gasteiger partial charge in [0.1, 0.15) is 0 Å². The van der Waals surface area contributed by atoms with E-state index in [1.165, 1.54) is 0 Å². The molecule has 80 valence electrons. The molecule has 0 aliphatic carbocycles. The molecule has 0 radical (unpaired) electrons. The Balaban J connectivity index is 2.79. The van der Waals surface area contributed by atoms with Crippen LogP contribution in [0.25, 0.3) is 0 Å². The molecule has 0 aliphatic heterocycles. The molecule has 0 spiro atoms. The number of furan rings is 1. The van der Waals surface area contributed by atoms with E-state index in [4.69, 9.17) is 4.42 Å².